The fourth-order valence-electron chi connectivity index (χ4n) is 3.46. The Labute approximate surface area is 183 Å². The molecule has 1 amide bonds. The first-order chi connectivity index (χ1) is 14.4. The number of rotatable bonds is 4. The molecule has 8 heteroatoms. The van der Waals surface area contributed by atoms with E-state index in [4.69, 9.17) is 21.3 Å². The van der Waals surface area contributed by atoms with Crippen molar-refractivity contribution in [3.8, 4) is 5.69 Å². The summed E-state index contributed by atoms with van der Waals surface area (Å²) in [6.07, 6.45) is 0. The van der Waals surface area contributed by atoms with E-state index in [2.05, 4.69) is 0 Å². The number of nitrogens with zero attached hydrogens (tertiary/aromatic N) is 3. The summed E-state index contributed by atoms with van der Waals surface area (Å²) in [5.41, 5.74) is 2.09. The lowest BCUT2D eigenvalue weighted by atomic mass is 10.2. The molecule has 30 heavy (non-hydrogen) atoms. The molecule has 1 aliphatic rings. The normalized spacial score (nSPS) is 15.4. The van der Waals surface area contributed by atoms with Crippen molar-refractivity contribution in [3.05, 3.63) is 63.4 Å². The van der Waals surface area contributed by atoms with E-state index in [9.17, 15) is 9.59 Å². The Balaban J connectivity index is 1.79. The number of benzene rings is 2. The van der Waals surface area contributed by atoms with Crippen LogP contribution in [0.3, 0.4) is 0 Å². The third-order valence-electron chi connectivity index (χ3n) is 5.01. The molecule has 0 bridgehead atoms. The molecular weight excluding hydrogens is 422 g/mol. The van der Waals surface area contributed by atoms with Gasteiger partial charge in [0.05, 0.1) is 35.1 Å². The van der Waals surface area contributed by atoms with Crippen LogP contribution in [0.1, 0.15) is 12.5 Å². The Kier molecular flexibility index (Phi) is 6.13. The molecule has 1 saturated heterocycles. The molecule has 6 nitrogen and oxygen atoms in total. The van der Waals surface area contributed by atoms with Crippen molar-refractivity contribution in [2.24, 2.45) is 0 Å². The predicted molar refractivity (Wildman–Crippen MR) is 120 cm³/mol. The van der Waals surface area contributed by atoms with Gasteiger partial charge in [-0.3, -0.25) is 14.2 Å². The zero-order valence-corrected chi connectivity index (χ0v) is 18.4. The van der Waals surface area contributed by atoms with Crippen LogP contribution in [0.25, 0.3) is 16.6 Å². The van der Waals surface area contributed by atoms with Gasteiger partial charge >= 0.3 is 0 Å². The van der Waals surface area contributed by atoms with Gasteiger partial charge in [0, 0.05) is 18.1 Å². The molecule has 0 aliphatic carbocycles. The summed E-state index contributed by atoms with van der Waals surface area (Å²) < 4.78 is 6.92. The van der Waals surface area contributed by atoms with E-state index in [1.807, 2.05) is 38.1 Å². The molecular formula is C22H22ClN3O3S. The minimum Gasteiger partial charge on any atom is -0.378 e. The number of ether oxygens (including phenoxy) is 1. The number of thioether (sulfide) groups is 1. The third kappa shape index (κ3) is 4.24. The molecule has 1 atom stereocenters. The largest absolute Gasteiger partial charge is 0.378 e. The number of hydrogen-bond acceptors (Lipinski definition) is 5. The summed E-state index contributed by atoms with van der Waals surface area (Å²) in [5, 5.41) is 1.06. The van der Waals surface area contributed by atoms with Crippen LogP contribution in [-0.2, 0) is 9.53 Å². The van der Waals surface area contributed by atoms with Gasteiger partial charge in [-0.05, 0) is 49.7 Å². The highest BCUT2D eigenvalue weighted by Crippen LogP contribution is 2.27. The second-order valence-corrected chi connectivity index (χ2v) is 8.98. The predicted octanol–water partition coefficient (Wildman–Crippen LogP) is 3.69. The van der Waals surface area contributed by atoms with E-state index in [1.54, 1.807) is 27.7 Å². The van der Waals surface area contributed by atoms with Gasteiger partial charge in [0.25, 0.3) is 5.56 Å². The number of morpholine rings is 1. The summed E-state index contributed by atoms with van der Waals surface area (Å²) >= 11 is 7.41. The fourth-order valence-corrected chi connectivity index (χ4v) is 4.64. The molecule has 1 fully saturated rings. The smallest absolute Gasteiger partial charge is 0.266 e. The van der Waals surface area contributed by atoms with Crippen molar-refractivity contribution in [3.63, 3.8) is 0 Å². The fraction of sp³-hybridized carbons (Fsp3) is 0.318. The number of halogens is 1. The first-order valence-corrected chi connectivity index (χ1v) is 11.0. The van der Waals surface area contributed by atoms with Crippen LogP contribution in [0.15, 0.2) is 52.4 Å². The Morgan fingerprint density at radius 3 is 2.70 bits per heavy atom. The van der Waals surface area contributed by atoms with Crippen LogP contribution in [0.5, 0.6) is 0 Å². The SMILES string of the molecule is Cc1cccc(-n2c(SC(C)C(=O)N3CCOCC3)nc3cc(Cl)ccc3c2=O)c1. The molecule has 1 unspecified atom stereocenters. The quantitative estimate of drug-likeness (QED) is 0.454. The molecule has 1 aliphatic heterocycles. The van der Waals surface area contributed by atoms with Gasteiger partial charge in [0.15, 0.2) is 5.16 Å². The van der Waals surface area contributed by atoms with E-state index in [-0.39, 0.29) is 11.5 Å². The highest BCUT2D eigenvalue weighted by atomic mass is 35.5. The minimum atomic E-state index is -0.400. The lowest BCUT2D eigenvalue weighted by Gasteiger charge is -2.29. The van der Waals surface area contributed by atoms with E-state index in [0.717, 1.165) is 11.3 Å². The van der Waals surface area contributed by atoms with Crippen molar-refractivity contribution in [1.82, 2.24) is 14.5 Å². The maximum absolute atomic E-state index is 13.4. The van der Waals surface area contributed by atoms with E-state index >= 15 is 0 Å². The van der Waals surface area contributed by atoms with E-state index in [0.29, 0.717) is 47.4 Å². The van der Waals surface area contributed by atoms with Crippen LogP contribution in [-0.4, -0.2) is 51.9 Å². The maximum Gasteiger partial charge on any atom is 0.266 e. The monoisotopic (exact) mass is 443 g/mol. The molecule has 3 aromatic rings. The number of fused-ring (bicyclic) bond motifs is 1. The van der Waals surface area contributed by atoms with Crippen molar-refractivity contribution in [2.45, 2.75) is 24.3 Å². The standard InChI is InChI=1S/C22H22ClN3O3S/c1-14-4-3-5-17(12-14)26-21(28)18-7-6-16(23)13-19(18)24-22(26)30-15(2)20(27)25-8-10-29-11-9-25/h3-7,12-13,15H,8-11H2,1-2H3. The molecule has 4 rings (SSSR count). The Morgan fingerprint density at radius 2 is 1.97 bits per heavy atom. The maximum atomic E-state index is 13.4. The third-order valence-corrected chi connectivity index (χ3v) is 6.29. The molecule has 0 N–H and O–H groups in total. The molecule has 0 saturated carbocycles. The lowest BCUT2D eigenvalue weighted by molar-refractivity contribution is -0.134. The summed E-state index contributed by atoms with van der Waals surface area (Å²) in [6.45, 7) is 6.07. The first kappa shape index (κ1) is 20.9. The van der Waals surface area contributed by atoms with Gasteiger partial charge < -0.3 is 9.64 Å². The lowest BCUT2D eigenvalue weighted by Crippen LogP contribution is -2.44. The number of hydrogen-bond donors (Lipinski definition) is 0. The van der Waals surface area contributed by atoms with Crippen LogP contribution in [0, 0.1) is 6.92 Å². The zero-order chi connectivity index (χ0) is 21.3. The van der Waals surface area contributed by atoms with E-state index < -0.39 is 5.25 Å². The van der Waals surface area contributed by atoms with Gasteiger partial charge in [-0.15, -0.1) is 0 Å². The molecule has 2 aromatic carbocycles. The van der Waals surface area contributed by atoms with Crippen molar-refractivity contribution >= 4 is 40.2 Å². The summed E-state index contributed by atoms with van der Waals surface area (Å²) in [4.78, 5) is 32.8. The highest BCUT2D eigenvalue weighted by molar-refractivity contribution is 8.00. The minimum absolute atomic E-state index is 0.0135. The number of aromatic nitrogens is 2. The van der Waals surface area contributed by atoms with Gasteiger partial charge in [0.1, 0.15) is 0 Å². The first-order valence-electron chi connectivity index (χ1n) is 9.76. The van der Waals surface area contributed by atoms with Crippen molar-refractivity contribution < 1.29 is 9.53 Å². The molecule has 0 spiro atoms. The molecule has 1 aromatic heterocycles. The average molecular weight is 444 g/mol. The number of amides is 1. The van der Waals surface area contributed by atoms with Crippen LogP contribution < -0.4 is 5.56 Å². The zero-order valence-electron chi connectivity index (χ0n) is 16.8. The molecule has 0 radical (unpaired) electrons. The Hall–Kier alpha value is -2.35. The van der Waals surface area contributed by atoms with Crippen LogP contribution in [0.2, 0.25) is 5.02 Å². The summed E-state index contributed by atoms with van der Waals surface area (Å²) in [6, 6.07) is 12.7. The van der Waals surface area contributed by atoms with Crippen molar-refractivity contribution in [2.75, 3.05) is 26.3 Å². The Bertz CT molecular complexity index is 1160. The van der Waals surface area contributed by atoms with Gasteiger partial charge in [-0.2, -0.15) is 0 Å². The second kappa shape index (κ2) is 8.79. The molecule has 2 heterocycles. The summed E-state index contributed by atoms with van der Waals surface area (Å²) in [7, 11) is 0. The van der Waals surface area contributed by atoms with Crippen LogP contribution >= 0.6 is 23.4 Å². The topological polar surface area (TPSA) is 64.4 Å². The van der Waals surface area contributed by atoms with Gasteiger partial charge in [0.2, 0.25) is 5.91 Å². The van der Waals surface area contributed by atoms with E-state index in [1.165, 1.54) is 11.8 Å². The molecule has 156 valence electrons. The highest BCUT2D eigenvalue weighted by Gasteiger charge is 2.25. The Morgan fingerprint density at radius 1 is 1.20 bits per heavy atom. The van der Waals surface area contributed by atoms with Gasteiger partial charge in [-0.25, -0.2) is 4.98 Å². The van der Waals surface area contributed by atoms with Gasteiger partial charge in [-0.1, -0.05) is 35.5 Å². The number of carbonyl (C=O) groups excluding carboxylic acids is 1. The van der Waals surface area contributed by atoms with Crippen LogP contribution in [0.4, 0.5) is 0 Å². The van der Waals surface area contributed by atoms with Crippen molar-refractivity contribution in [1.29, 1.82) is 0 Å². The average Bonchev–Trinajstić information content (AvgIpc) is 2.73. The second-order valence-electron chi connectivity index (χ2n) is 7.23. The number of carbonyl (C=O) groups is 1. The summed E-state index contributed by atoms with van der Waals surface area (Å²) in [5.74, 6) is 0.0135. The number of aryl methyl sites for hydroxylation is 1.